The maximum absolute atomic E-state index is 10.8. The van der Waals surface area contributed by atoms with Crippen molar-refractivity contribution in [1.82, 2.24) is 5.32 Å². The number of carbonyl (C=O) groups is 1. The number of ketones is 1. The lowest BCUT2D eigenvalue weighted by atomic mass is 9.77. The predicted octanol–water partition coefficient (Wildman–Crippen LogP) is 1.99. The number of hydrogen-bond donors (Lipinski definition) is 1. The van der Waals surface area contributed by atoms with Gasteiger partial charge in [0.25, 0.3) is 0 Å². The summed E-state index contributed by atoms with van der Waals surface area (Å²) in [4.78, 5) is 10.8. The Morgan fingerprint density at radius 1 is 1.50 bits per heavy atom. The van der Waals surface area contributed by atoms with Crippen LogP contribution in [0.5, 0.6) is 0 Å². The van der Waals surface area contributed by atoms with E-state index < -0.39 is 0 Å². The Morgan fingerprint density at radius 3 is 1.92 bits per heavy atom. The fraction of sp³-hybridized carbons (Fsp3) is 0.900. The molecule has 1 aliphatic rings. The second-order valence-electron chi connectivity index (χ2n) is 3.97. The summed E-state index contributed by atoms with van der Waals surface area (Å²) in [6.45, 7) is 10.9. The molecule has 1 heterocycles. The molecule has 0 amide bonds. The van der Waals surface area contributed by atoms with Gasteiger partial charge in [-0.3, -0.25) is 4.79 Å². The van der Waals surface area contributed by atoms with E-state index in [1.807, 2.05) is 0 Å². The molecule has 1 N–H and O–H groups in total. The SMILES string of the molecule is CC(=O)C1CNC1(C)C.CCC. The van der Waals surface area contributed by atoms with Crippen molar-refractivity contribution in [2.24, 2.45) is 5.92 Å². The van der Waals surface area contributed by atoms with E-state index in [1.165, 1.54) is 6.42 Å². The van der Waals surface area contributed by atoms with Crippen molar-refractivity contribution in [3.8, 4) is 0 Å². The Kier molecular flexibility index (Phi) is 4.46. The summed E-state index contributed by atoms with van der Waals surface area (Å²) >= 11 is 0. The van der Waals surface area contributed by atoms with Gasteiger partial charge in [-0.05, 0) is 20.8 Å². The Hall–Kier alpha value is -0.370. The molecule has 0 aromatic heterocycles. The Bertz CT molecular complexity index is 152. The molecule has 0 aromatic carbocycles. The van der Waals surface area contributed by atoms with E-state index in [4.69, 9.17) is 0 Å². The number of carbonyl (C=O) groups excluding carboxylic acids is 1. The van der Waals surface area contributed by atoms with Gasteiger partial charge in [0.05, 0.1) is 0 Å². The molecule has 72 valence electrons. The van der Waals surface area contributed by atoms with E-state index in [0.717, 1.165) is 6.54 Å². The first kappa shape index (κ1) is 11.6. The number of hydrogen-bond acceptors (Lipinski definition) is 2. The Labute approximate surface area is 75.7 Å². The Balaban J connectivity index is 0.000000354. The van der Waals surface area contributed by atoms with Gasteiger partial charge in [0.1, 0.15) is 5.78 Å². The zero-order chi connectivity index (χ0) is 9.78. The zero-order valence-corrected chi connectivity index (χ0v) is 8.90. The molecule has 1 fully saturated rings. The Morgan fingerprint density at radius 2 is 1.92 bits per heavy atom. The largest absolute Gasteiger partial charge is 0.310 e. The van der Waals surface area contributed by atoms with Gasteiger partial charge in [-0.25, -0.2) is 0 Å². The van der Waals surface area contributed by atoms with Gasteiger partial charge in [-0.15, -0.1) is 0 Å². The normalized spacial score (nSPS) is 24.9. The van der Waals surface area contributed by atoms with Crippen LogP contribution < -0.4 is 5.32 Å². The summed E-state index contributed by atoms with van der Waals surface area (Å²) in [5.74, 6) is 0.552. The molecule has 1 saturated heterocycles. The standard InChI is InChI=1S/C7H13NO.C3H8/c1-5(9)6-4-8-7(6,2)3;1-3-2/h6,8H,4H2,1-3H3;3H2,1-2H3. The minimum Gasteiger partial charge on any atom is -0.310 e. The first-order chi connectivity index (χ1) is 5.45. The minimum atomic E-state index is 0.0613. The van der Waals surface area contributed by atoms with Gasteiger partial charge >= 0.3 is 0 Å². The van der Waals surface area contributed by atoms with Crippen molar-refractivity contribution in [3.05, 3.63) is 0 Å². The van der Waals surface area contributed by atoms with Gasteiger partial charge in [-0.1, -0.05) is 20.3 Å². The lowest BCUT2D eigenvalue weighted by molar-refractivity contribution is -0.126. The molecule has 2 heteroatoms. The first-order valence-electron chi connectivity index (χ1n) is 4.71. The molecule has 0 radical (unpaired) electrons. The molecular formula is C10H21NO. The van der Waals surface area contributed by atoms with Gasteiger partial charge in [0, 0.05) is 18.0 Å². The molecule has 1 atom stereocenters. The van der Waals surface area contributed by atoms with Crippen molar-refractivity contribution in [2.45, 2.75) is 46.6 Å². The van der Waals surface area contributed by atoms with Crippen LogP contribution in [-0.2, 0) is 4.79 Å². The van der Waals surface area contributed by atoms with Crippen molar-refractivity contribution >= 4 is 5.78 Å². The number of rotatable bonds is 1. The van der Waals surface area contributed by atoms with E-state index in [2.05, 4.69) is 33.0 Å². The fourth-order valence-electron chi connectivity index (χ4n) is 1.26. The average molecular weight is 171 g/mol. The topological polar surface area (TPSA) is 29.1 Å². The average Bonchev–Trinajstić information content (AvgIpc) is 1.86. The molecule has 1 aliphatic heterocycles. The van der Waals surface area contributed by atoms with Crippen LogP contribution in [0, 0.1) is 5.92 Å². The van der Waals surface area contributed by atoms with Crippen molar-refractivity contribution in [1.29, 1.82) is 0 Å². The van der Waals surface area contributed by atoms with Crippen LogP contribution in [0.1, 0.15) is 41.0 Å². The monoisotopic (exact) mass is 171 g/mol. The molecule has 2 nitrogen and oxygen atoms in total. The van der Waals surface area contributed by atoms with Gasteiger partial charge in [0.15, 0.2) is 0 Å². The van der Waals surface area contributed by atoms with Crippen molar-refractivity contribution in [2.75, 3.05) is 6.54 Å². The van der Waals surface area contributed by atoms with Crippen LogP contribution in [0.25, 0.3) is 0 Å². The third-order valence-electron chi connectivity index (χ3n) is 2.12. The molecule has 0 saturated carbocycles. The third kappa shape index (κ3) is 2.94. The maximum Gasteiger partial charge on any atom is 0.136 e. The predicted molar refractivity (Wildman–Crippen MR) is 52.2 cm³/mol. The third-order valence-corrected chi connectivity index (χ3v) is 2.12. The van der Waals surface area contributed by atoms with Crippen LogP contribution in [0.2, 0.25) is 0 Å². The molecule has 0 aromatic rings. The highest BCUT2D eigenvalue weighted by Gasteiger charge is 2.40. The van der Waals surface area contributed by atoms with E-state index in [0.29, 0.717) is 5.78 Å². The number of Topliss-reactive ketones (excluding diaryl/α,β-unsaturated/α-hetero) is 1. The molecule has 1 unspecified atom stereocenters. The highest BCUT2D eigenvalue weighted by atomic mass is 16.1. The van der Waals surface area contributed by atoms with Crippen LogP contribution in [0.15, 0.2) is 0 Å². The van der Waals surface area contributed by atoms with Crippen LogP contribution in [0.4, 0.5) is 0 Å². The molecule has 0 aliphatic carbocycles. The second kappa shape index (κ2) is 4.61. The molecular weight excluding hydrogens is 150 g/mol. The minimum absolute atomic E-state index is 0.0613. The summed E-state index contributed by atoms with van der Waals surface area (Å²) in [7, 11) is 0. The van der Waals surface area contributed by atoms with Gasteiger partial charge < -0.3 is 5.32 Å². The first-order valence-corrected chi connectivity index (χ1v) is 4.71. The van der Waals surface area contributed by atoms with Gasteiger partial charge in [0.2, 0.25) is 0 Å². The summed E-state index contributed by atoms with van der Waals surface area (Å²) in [6.07, 6.45) is 1.25. The van der Waals surface area contributed by atoms with E-state index in [9.17, 15) is 4.79 Å². The van der Waals surface area contributed by atoms with E-state index in [-0.39, 0.29) is 11.5 Å². The highest BCUT2D eigenvalue weighted by molar-refractivity contribution is 5.81. The van der Waals surface area contributed by atoms with Crippen LogP contribution in [0.3, 0.4) is 0 Å². The second-order valence-corrected chi connectivity index (χ2v) is 3.97. The van der Waals surface area contributed by atoms with Crippen LogP contribution in [-0.4, -0.2) is 17.9 Å². The zero-order valence-electron chi connectivity index (χ0n) is 8.90. The summed E-state index contributed by atoms with van der Waals surface area (Å²) in [6, 6.07) is 0. The smallest absolute Gasteiger partial charge is 0.136 e. The lowest BCUT2D eigenvalue weighted by Gasteiger charge is -2.44. The maximum atomic E-state index is 10.8. The van der Waals surface area contributed by atoms with Crippen molar-refractivity contribution < 1.29 is 4.79 Å². The lowest BCUT2D eigenvalue weighted by Crippen LogP contribution is -2.63. The molecule has 0 spiro atoms. The quantitative estimate of drug-likeness (QED) is 0.653. The summed E-state index contributed by atoms with van der Waals surface area (Å²) in [5.41, 5.74) is 0.0613. The van der Waals surface area contributed by atoms with Gasteiger partial charge in [-0.2, -0.15) is 0 Å². The molecule has 0 bridgehead atoms. The highest BCUT2D eigenvalue weighted by Crippen LogP contribution is 2.25. The van der Waals surface area contributed by atoms with E-state index in [1.54, 1.807) is 6.92 Å². The number of nitrogens with one attached hydrogen (secondary N) is 1. The van der Waals surface area contributed by atoms with Crippen molar-refractivity contribution in [3.63, 3.8) is 0 Å². The van der Waals surface area contributed by atoms with Crippen LogP contribution >= 0.6 is 0 Å². The fourth-order valence-corrected chi connectivity index (χ4v) is 1.26. The molecule has 1 rings (SSSR count). The summed E-state index contributed by atoms with van der Waals surface area (Å²) < 4.78 is 0. The summed E-state index contributed by atoms with van der Waals surface area (Å²) in [5, 5.41) is 3.20. The van der Waals surface area contributed by atoms with E-state index >= 15 is 0 Å². The molecule has 12 heavy (non-hydrogen) atoms.